The first-order valence-electron chi connectivity index (χ1n) is 14.2. The summed E-state index contributed by atoms with van der Waals surface area (Å²) in [5.74, 6) is -7.22. The van der Waals surface area contributed by atoms with E-state index in [1.165, 1.54) is 24.3 Å². The van der Waals surface area contributed by atoms with Gasteiger partial charge >= 0.3 is 11.7 Å². The highest BCUT2D eigenvalue weighted by molar-refractivity contribution is 6.02. The quantitative estimate of drug-likeness (QED) is 0.0542. The SMILES string of the molecule is CC(C)C[C@H](NC(=O)[C@H](CC(=O)O)NC(=O)c1ccccc1N)C(=O)N[C@@H](CO)C(=O)N[C@@H](Cc1ccc(O)c([N+](=O)[O-])c1)C(N)=O. The number of aliphatic carboxylic acids is 1. The molecule has 18 nitrogen and oxygen atoms in total. The van der Waals surface area contributed by atoms with E-state index in [1.807, 2.05) is 0 Å². The Bertz CT molecular complexity index is 1520. The molecule has 2 aromatic rings. The fourth-order valence-corrected chi connectivity index (χ4v) is 4.34. The van der Waals surface area contributed by atoms with Gasteiger partial charge in [-0.15, -0.1) is 0 Å². The maximum atomic E-state index is 13.2. The molecule has 0 saturated heterocycles. The summed E-state index contributed by atoms with van der Waals surface area (Å²) < 4.78 is 0. The molecule has 0 aromatic heterocycles. The number of nitro benzene ring substituents is 1. The summed E-state index contributed by atoms with van der Waals surface area (Å²) in [5.41, 5.74) is 10.8. The van der Waals surface area contributed by atoms with E-state index in [1.54, 1.807) is 19.9 Å². The van der Waals surface area contributed by atoms with Gasteiger partial charge in [-0.2, -0.15) is 0 Å². The second kappa shape index (κ2) is 17.1. The fraction of sp³-hybridized carbons (Fsp3) is 0.379. The van der Waals surface area contributed by atoms with Crippen molar-refractivity contribution in [3.63, 3.8) is 0 Å². The van der Waals surface area contributed by atoms with Crippen LogP contribution in [-0.2, 0) is 30.4 Å². The molecular formula is C29H37N7O11. The summed E-state index contributed by atoms with van der Waals surface area (Å²) >= 11 is 0. The highest BCUT2D eigenvalue weighted by Crippen LogP contribution is 2.26. The van der Waals surface area contributed by atoms with Crippen molar-refractivity contribution >= 4 is 46.9 Å². The van der Waals surface area contributed by atoms with Gasteiger partial charge < -0.3 is 48.1 Å². The number of primary amides is 1. The average Bonchev–Trinajstić information content (AvgIpc) is 2.98. The summed E-state index contributed by atoms with van der Waals surface area (Å²) in [4.78, 5) is 86.0. The minimum Gasteiger partial charge on any atom is -0.502 e. The molecule has 47 heavy (non-hydrogen) atoms. The van der Waals surface area contributed by atoms with Gasteiger partial charge in [-0.1, -0.05) is 32.0 Å². The van der Waals surface area contributed by atoms with E-state index in [0.29, 0.717) is 0 Å². The van der Waals surface area contributed by atoms with Gasteiger partial charge in [-0.3, -0.25) is 38.9 Å². The van der Waals surface area contributed by atoms with Gasteiger partial charge in [-0.25, -0.2) is 0 Å². The number of phenols is 1. The molecule has 0 fully saturated rings. The number of nitrogens with zero attached hydrogens (tertiary/aromatic N) is 1. The molecular weight excluding hydrogens is 622 g/mol. The number of nitrogens with one attached hydrogen (secondary N) is 4. The lowest BCUT2D eigenvalue weighted by Crippen LogP contribution is -2.59. The minimum atomic E-state index is -1.67. The molecule has 0 bridgehead atoms. The van der Waals surface area contributed by atoms with Crippen LogP contribution in [0.25, 0.3) is 0 Å². The van der Waals surface area contributed by atoms with E-state index in [-0.39, 0.29) is 35.6 Å². The van der Waals surface area contributed by atoms with Crippen LogP contribution in [0.2, 0.25) is 0 Å². The Labute approximate surface area is 268 Å². The second-order valence-corrected chi connectivity index (χ2v) is 10.9. The van der Waals surface area contributed by atoms with Crippen LogP contribution >= 0.6 is 0 Å². The van der Waals surface area contributed by atoms with E-state index in [9.17, 15) is 54.2 Å². The number of carboxylic acids is 1. The van der Waals surface area contributed by atoms with Crippen LogP contribution in [0.5, 0.6) is 5.75 Å². The largest absolute Gasteiger partial charge is 0.502 e. The molecule has 254 valence electrons. The number of aromatic hydroxyl groups is 1. The monoisotopic (exact) mass is 659 g/mol. The average molecular weight is 660 g/mol. The molecule has 0 saturated carbocycles. The number of nitro groups is 1. The zero-order valence-electron chi connectivity index (χ0n) is 25.5. The zero-order valence-corrected chi connectivity index (χ0v) is 25.5. The first kappa shape index (κ1) is 37.4. The van der Waals surface area contributed by atoms with Crippen molar-refractivity contribution in [1.29, 1.82) is 0 Å². The second-order valence-electron chi connectivity index (χ2n) is 10.9. The third-order valence-corrected chi connectivity index (χ3v) is 6.70. The van der Waals surface area contributed by atoms with Crippen molar-refractivity contribution in [3.05, 3.63) is 63.7 Å². The molecule has 0 spiro atoms. The number of carbonyl (C=O) groups is 6. The third kappa shape index (κ3) is 11.3. The lowest BCUT2D eigenvalue weighted by atomic mass is 10.0. The number of nitrogens with two attached hydrogens (primary N) is 2. The Kier molecular flexibility index (Phi) is 13.6. The van der Waals surface area contributed by atoms with Crippen molar-refractivity contribution in [3.8, 4) is 5.75 Å². The molecule has 4 atom stereocenters. The maximum absolute atomic E-state index is 13.2. The van der Waals surface area contributed by atoms with Crippen LogP contribution in [0.3, 0.4) is 0 Å². The van der Waals surface area contributed by atoms with Crippen LogP contribution in [-0.4, -0.2) is 86.5 Å². The molecule has 2 rings (SSSR count). The smallest absolute Gasteiger partial charge is 0.310 e. The Balaban J connectivity index is 2.19. The number of hydrogen-bond donors (Lipinski definition) is 9. The van der Waals surface area contributed by atoms with Crippen LogP contribution in [0.15, 0.2) is 42.5 Å². The van der Waals surface area contributed by atoms with Crippen molar-refractivity contribution in [2.24, 2.45) is 11.7 Å². The molecule has 0 aliphatic rings. The summed E-state index contributed by atoms with van der Waals surface area (Å²) in [6.07, 6.45) is -1.20. The number of nitrogen functional groups attached to an aromatic ring is 1. The van der Waals surface area contributed by atoms with E-state index in [0.717, 1.165) is 12.1 Å². The van der Waals surface area contributed by atoms with E-state index in [4.69, 9.17) is 11.5 Å². The van der Waals surface area contributed by atoms with Gasteiger partial charge in [0.2, 0.25) is 23.6 Å². The number of carboxylic acid groups (broad SMARTS) is 1. The Morgan fingerprint density at radius 3 is 2.00 bits per heavy atom. The highest BCUT2D eigenvalue weighted by atomic mass is 16.6. The Hall–Kier alpha value is -5.78. The molecule has 11 N–H and O–H groups in total. The van der Waals surface area contributed by atoms with Gasteiger partial charge in [0.15, 0.2) is 5.75 Å². The molecule has 0 radical (unpaired) electrons. The third-order valence-electron chi connectivity index (χ3n) is 6.70. The summed E-state index contributed by atoms with van der Waals surface area (Å²) in [6, 6.07) is 3.03. The van der Waals surface area contributed by atoms with Crippen LogP contribution in [0.4, 0.5) is 11.4 Å². The highest BCUT2D eigenvalue weighted by Gasteiger charge is 2.32. The molecule has 2 aromatic carbocycles. The topological polar surface area (TPSA) is 306 Å². The summed E-state index contributed by atoms with van der Waals surface area (Å²) in [6.45, 7) is 2.46. The van der Waals surface area contributed by atoms with Gasteiger partial charge in [0.05, 0.1) is 23.5 Å². The van der Waals surface area contributed by atoms with E-state index in [2.05, 4.69) is 21.3 Å². The van der Waals surface area contributed by atoms with Crippen molar-refractivity contribution < 1.29 is 49.0 Å². The predicted octanol–water partition coefficient (Wildman–Crippen LogP) is -1.32. The van der Waals surface area contributed by atoms with Gasteiger partial charge in [0.1, 0.15) is 24.2 Å². The van der Waals surface area contributed by atoms with E-state index < -0.39 is 89.1 Å². The number of hydrogen-bond acceptors (Lipinski definition) is 11. The summed E-state index contributed by atoms with van der Waals surface area (Å²) in [7, 11) is 0. The summed E-state index contributed by atoms with van der Waals surface area (Å²) in [5, 5.41) is 49.2. The first-order chi connectivity index (χ1) is 22.0. The van der Waals surface area contributed by atoms with Crippen LogP contribution in [0.1, 0.15) is 42.6 Å². The van der Waals surface area contributed by atoms with Crippen LogP contribution in [0, 0.1) is 16.0 Å². The van der Waals surface area contributed by atoms with Gasteiger partial charge in [0, 0.05) is 18.2 Å². The molecule has 0 unspecified atom stereocenters. The number of para-hydroxylation sites is 1. The number of amides is 5. The number of benzene rings is 2. The number of rotatable bonds is 17. The lowest BCUT2D eigenvalue weighted by molar-refractivity contribution is -0.385. The number of phenolic OH excluding ortho intramolecular Hbond substituents is 1. The van der Waals surface area contributed by atoms with Crippen molar-refractivity contribution in [1.82, 2.24) is 21.3 Å². The lowest BCUT2D eigenvalue weighted by Gasteiger charge is -2.26. The normalized spacial score (nSPS) is 13.4. The Morgan fingerprint density at radius 1 is 0.872 bits per heavy atom. The first-order valence-corrected chi connectivity index (χ1v) is 14.2. The standard InChI is InChI=1S/C29H37N7O11/c1-14(2)9-19(34-28(44)20(12-24(39)40)33-26(42)16-5-3-4-6-17(16)30)27(43)35-21(13-37)29(45)32-18(25(31)41)10-15-7-8-23(38)22(11-15)36(46)47/h3-8,11,14,18-21,37-38H,9-10,12-13,30H2,1-2H3,(H2,31,41)(H,32,45)(H,33,42)(H,34,44)(H,35,43)(H,39,40)/t18-,19-,20-,21-/m0/s1. The van der Waals surface area contributed by atoms with Crippen molar-refractivity contribution in [2.75, 3.05) is 12.3 Å². The van der Waals surface area contributed by atoms with Crippen LogP contribution < -0.4 is 32.7 Å². The fourth-order valence-electron chi connectivity index (χ4n) is 4.34. The molecule has 0 heterocycles. The maximum Gasteiger partial charge on any atom is 0.310 e. The van der Waals surface area contributed by atoms with E-state index >= 15 is 0 Å². The number of carbonyl (C=O) groups excluding carboxylic acids is 5. The number of anilines is 1. The zero-order chi connectivity index (χ0) is 35.4. The predicted molar refractivity (Wildman–Crippen MR) is 164 cm³/mol. The van der Waals surface area contributed by atoms with Gasteiger partial charge in [0.25, 0.3) is 5.91 Å². The van der Waals surface area contributed by atoms with Crippen molar-refractivity contribution in [2.45, 2.75) is 57.3 Å². The molecule has 0 aliphatic heterocycles. The number of aliphatic hydroxyl groups excluding tert-OH is 1. The number of aliphatic hydroxyl groups is 1. The molecule has 5 amide bonds. The van der Waals surface area contributed by atoms with Gasteiger partial charge in [-0.05, 0) is 36.1 Å². The minimum absolute atomic E-state index is 0.0122. The molecule has 18 heteroatoms. The Morgan fingerprint density at radius 2 is 1.45 bits per heavy atom. The molecule has 0 aliphatic carbocycles.